The van der Waals surface area contributed by atoms with Crippen molar-refractivity contribution in [2.45, 2.75) is 39.0 Å². The van der Waals surface area contributed by atoms with Gasteiger partial charge in [-0.05, 0) is 29.4 Å². The molecular weight excluding hydrogens is 198 g/mol. The van der Waals surface area contributed by atoms with Gasteiger partial charge in [-0.2, -0.15) is 0 Å². The molecule has 0 aliphatic heterocycles. The van der Waals surface area contributed by atoms with Gasteiger partial charge < -0.3 is 5.21 Å². The molecule has 1 N–H and O–H groups in total. The smallest absolute Gasteiger partial charge is 0.0898 e. The second kappa shape index (κ2) is 3.93. The van der Waals surface area contributed by atoms with E-state index in [1.807, 2.05) is 0 Å². The predicted octanol–water partition coefficient (Wildman–Crippen LogP) is 3.57. The largest absolute Gasteiger partial charge is 0.411 e. The Morgan fingerprint density at radius 1 is 1.19 bits per heavy atom. The summed E-state index contributed by atoms with van der Waals surface area (Å²) in [4.78, 5) is 0. The number of benzene rings is 1. The zero-order chi connectivity index (χ0) is 11.8. The van der Waals surface area contributed by atoms with Gasteiger partial charge in [0.25, 0.3) is 0 Å². The van der Waals surface area contributed by atoms with Crippen molar-refractivity contribution < 1.29 is 5.21 Å². The molecule has 2 rings (SSSR count). The Bertz CT molecular complexity index is 394. The molecule has 0 bridgehead atoms. The van der Waals surface area contributed by atoms with Crippen LogP contribution in [0.5, 0.6) is 0 Å². The SMILES string of the molecule is CC(C)(C)c1ccc(/C(=N/O)C2CC2)cc1. The molecule has 0 spiro atoms. The highest BCUT2D eigenvalue weighted by atomic mass is 16.4. The van der Waals surface area contributed by atoms with Crippen LogP contribution < -0.4 is 0 Å². The van der Waals surface area contributed by atoms with Gasteiger partial charge in [-0.25, -0.2) is 0 Å². The van der Waals surface area contributed by atoms with E-state index in [2.05, 4.69) is 50.2 Å². The molecule has 0 atom stereocenters. The quantitative estimate of drug-likeness (QED) is 0.458. The monoisotopic (exact) mass is 217 g/mol. The molecule has 1 fully saturated rings. The van der Waals surface area contributed by atoms with Crippen LogP contribution in [0.4, 0.5) is 0 Å². The van der Waals surface area contributed by atoms with Gasteiger partial charge in [0.15, 0.2) is 0 Å². The summed E-state index contributed by atoms with van der Waals surface area (Å²) in [6, 6.07) is 8.38. The molecule has 2 nitrogen and oxygen atoms in total. The third-order valence-corrected chi connectivity index (χ3v) is 3.12. The van der Waals surface area contributed by atoms with Crippen LogP contribution in [0.15, 0.2) is 29.4 Å². The van der Waals surface area contributed by atoms with Crippen molar-refractivity contribution in [3.63, 3.8) is 0 Å². The molecule has 86 valence electrons. The molecule has 0 radical (unpaired) electrons. The van der Waals surface area contributed by atoms with E-state index in [1.54, 1.807) is 0 Å². The summed E-state index contributed by atoms with van der Waals surface area (Å²) >= 11 is 0. The lowest BCUT2D eigenvalue weighted by Gasteiger charge is -2.19. The first-order valence-corrected chi connectivity index (χ1v) is 5.85. The fraction of sp³-hybridized carbons (Fsp3) is 0.500. The molecule has 0 aromatic heterocycles. The number of rotatable bonds is 2. The van der Waals surface area contributed by atoms with Crippen LogP contribution in [0.2, 0.25) is 0 Å². The molecule has 0 saturated heterocycles. The number of oxime groups is 1. The minimum Gasteiger partial charge on any atom is -0.411 e. The summed E-state index contributed by atoms with van der Waals surface area (Å²) < 4.78 is 0. The minimum atomic E-state index is 0.175. The Labute approximate surface area is 97.0 Å². The lowest BCUT2D eigenvalue weighted by atomic mass is 9.86. The lowest BCUT2D eigenvalue weighted by molar-refractivity contribution is 0.317. The first-order chi connectivity index (χ1) is 7.52. The second-order valence-electron chi connectivity index (χ2n) is 5.59. The van der Waals surface area contributed by atoms with E-state index in [0.29, 0.717) is 5.92 Å². The molecule has 0 unspecified atom stereocenters. The summed E-state index contributed by atoms with van der Waals surface area (Å²) in [5.41, 5.74) is 3.39. The van der Waals surface area contributed by atoms with E-state index >= 15 is 0 Å². The molecule has 1 aliphatic rings. The number of hydrogen-bond acceptors (Lipinski definition) is 2. The Hall–Kier alpha value is -1.31. The van der Waals surface area contributed by atoms with Gasteiger partial charge >= 0.3 is 0 Å². The highest BCUT2D eigenvalue weighted by molar-refractivity contribution is 6.03. The van der Waals surface area contributed by atoms with Crippen LogP contribution in [0.1, 0.15) is 44.7 Å². The topological polar surface area (TPSA) is 32.6 Å². The van der Waals surface area contributed by atoms with Crippen molar-refractivity contribution in [3.8, 4) is 0 Å². The van der Waals surface area contributed by atoms with Gasteiger partial charge in [0.1, 0.15) is 0 Å². The molecular formula is C14H19NO. The maximum absolute atomic E-state index is 9.01. The third kappa shape index (κ3) is 2.26. The van der Waals surface area contributed by atoms with Crippen molar-refractivity contribution in [2.24, 2.45) is 11.1 Å². The first-order valence-electron chi connectivity index (χ1n) is 5.85. The third-order valence-electron chi connectivity index (χ3n) is 3.12. The fourth-order valence-corrected chi connectivity index (χ4v) is 1.87. The van der Waals surface area contributed by atoms with Crippen molar-refractivity contribution in [1.29, 1.82) is 0 Å². The summed E-state index contributed by atoms with van der Waals surface area (Å²) in [6.45, 7) is 6.60. The van der Waals surface area contributed by atoms with Gasteiger partial charge in [-0.3, -0.25) is 0 Å². The highest BCUT2D eigenvalue weighted by Gasteiger charge is 2.29. The van der Waals surface area contributed by atoms with Gasteiger partial charge in [0.05, 0.1) is 5.71 Å². The predicted molar refractivity (Wildman–Crippen MR) is 66.2 cm³/mol. The standard InChI is InChI=1S/C14H19NO/c1-14(2,3)12-8-6-11(7-9-12)13(15-16)10-4-5-10/h6-10,16H,4-5H2,1-3H3/b15-13+. The summed E-state index contributed by atoms with van der Waals surface area (Å²) in [5, 5.41) is 12.4. The Morgan fingerprint density at radius 2 is 1.75 bits per heavy atom. The van der Waals surface area contributed by atoms with Gasteiger partial charge in [-0.15, -0.1) is 0 Å². The molecule has 1 aliphatic carbocycles. The normalized spacial score (nSPS) is 17.6. The van der Waals surface area contributed by atoms with Crippen LogP contribution in [-0.4, -0.2) is 10.9 Å². The average Bonchev–Trinajstić information content (AvgIpc) is 3.03. The fourth-order valence-electron chi connectivity index (χ4n) is 1.87. The van der Waals surface area contributed by atoms with E-state index in [-0.39, 0.29) is 5.41 Å². The maximum atomic E-state index is 9.01. The molecule has 16 heavy (non-hydrogen) atoms. The molecule has 0 amide bonds. The lowest BCUT2D eigenvalue weighted by Crippen LogP contribution is -2.11. The zero-order valence-corrected chi connectivity index (χ0v) is 10.2. The van der Waals surface area contributed by atoms with Gasteiger partial charge in [-0.1, -0.05) is 50.2 Å². The van der Waals surface area contributed by atoms with Crippen LogP contribution in [-0.2, 0) is 5.41 Å². The first kappa shape index (κ1) is 11.2. The van der Waals surface area contributed by atoms with Crippen molar-refractivity contribution >= 4 is 5.71 Å². The number of nitrogens with zero attached hydrogens (tertiary/aromatic N) is 1. The summed E-state index contributed by atoms with van der Waals surface area (Å²) in [5.74, 6) is 0.477. The Kier molecular flexibility index (Phi) is 2.75. The van der Waals surface area contributed by atoms with Crippen molar-refractivity contribution in [3.05, 3.63) is 35.4 Å². The number of hydrogen-bond donors (Lipinski definition) is 1. The molecule has 1 aromatic carbocycles. The molecule has 1 aromatic rings. The van der Waals surface area contributed by atoms with E-state index in [1.165, 1.54) is 5.56 Å². The summed E-state index contributed by atoms with van der Waals surface area (Å²) in [6.07, 6.45) is 2.31. The van der Waals surface area contributed by atoms with Crippen molar-refractivity contribution in [2.75, 3.05) is 0 Å². The summed E-state index contributed by atoms with van der Waals surface area (Å²) in [7, 11) is 0. The van der Waals surface area contributed by atoms with Crippen LogP contribution in [0.25, 0.3) is 0 Å². The van der Waals surface area contributed by atoms with E-state index < -0.39 is 0 Å². The maximum Gasteiger partial charge on any atom is 0.0898 e. The van der Waals surface area contributed by atoms with E-state index in [4.69, 9.17) is 5.21 Å². The average molecular weight is 217 g/mol. The van der Waals surface area contributed by atoms with Gasteiger partial charge in [0, 0.05) is 5.92 Å². The van der Waals surface area contributed by atoms with Crippen LogP contribution in [0, 0.1) is 5.92 Å². The minimum absolute atomic E-state index is 0.175. The van der Waals surface area contributed by atoms with E-state index in [0.717, 1.165) is 24.1 Å². The van der Waals surface area contributed by atoms with Crippen molar-refractivity contribution in [1.82, 2.24) is 0 Å². The van der Waals surface area contributed by atoms with Crippen LogP contribution in [0.3, 0.4) is 0 Å². The molecule has 0 heterocycles. The van der Waals surface area contributed by atoms with Gasteiger partial charge in [0.2, 0.25) is 0 Å². The molecule has 2 heteroatoms. The highest BCUT2D eigenvalue weighted by Crippen LogP contribution is 2.33. The van der Waals surface area contributed by atoms with E-state index in [9.17, 15) is 0 Å². The Morgan fingerprint density at radius 3 is 2.12 bits per heavy atom. The Balaban J connectivity index is 2.25. The molecule has 1 saturated carbocycles. The second-order valence-corrected chi connectivity index (χ2v) is 5.59. The zero-order valence-electron chi connectivity index (χ0n) is 10.2. The van der Waals surface area contributed by atoms with Crippen LogP contribution >= 0.6 is 0 Å².